The van der Waals surface area contributed by atoms with Crippen LogP contribution in [0.1, 0.15) is 92.7 Å². The molecule has 0 aliphatic carbocycles. The number of nitrogens with two attached hydrogens (primary N) is 1. The molecule has 0 radical (unpaired) electrons. The molecule has 3 aliphatic rings. The average molecular weight is 859 g/mol. The molecule has 15 atom stereocenters. The van der Waals surface area contributed by atoms with Gasteiger partial charge in [0.1, 0.15) is 35.5 Å². The van der Waals surface area contributed by atoms with Gasteiger partial charge in [0.25, 0.3) is 0 Å². The topological polar surface area (TPSA) is 224 Å². The first-order chi connectivity index (χ1) is 28.2. The molecule has 5 heterocycles. The number of aliphatic hydroxyl groups is 1. The molecule has 2 aromatic rings. The van der Waals surface area contributed by atoms with Gasteiger partial charge in [0, 0.05) is 43.0 Å². The Labute approximate surface area is 356 Å². The Hall–Kier alpha value is -3.94. The molecule has 0 bridgehead atoms. The number of hydrogen-bond donors (Lipinski definition) is 2. The number of aliphatic hydroxyl groups excluding tert-OH is 1. The molecule has 2 aromatic heterocycles. The number of esters is 2. The number of oxime groups is 1. The van der Waals surface area contributed by atoms with E-state index in [1.165, 1.54) is 25.4 Å². The molecule has 332 valence electrons. The van der Waals surface area contributed by atoms with Gasteiger partial charge in [-0.05, 0) is 80.1 Å². The van der Waals surface area contributed by atoms with Gasteiger partial charge in [-0.1, -0.05) is 50.3 Å². The van der Waals surface area contributed by atoms with E-state index in [2.05, 4.69) is 20.3 Å². The summed E-state index contributed by atoms with van der Waals surface area (Å²) in [5.41, 5.74) is 4.33. The van der Waals surface area contributed by atoms with Crippen molar-refractivity contribution in [3.05, 3.63) is 29.4 Å². The molecule has 18 heteroatoms. The number of carbonyl (C=O) groups is 4. The van der Waals surface area contributed by atoms with Crippen LogP contribution in [0.25, 0.3) is 10.7 Å². The molecule has 3 saturated heterocycles. The van der Waals surface area contributed by atoms with E-state index in [9.17, 15) is 24.3 Å². The number of pyridine rings is 1. The van der Waals surface area contributed by atoms with E-state index in [0.717, 1.165) is 0 Å². The lowest BCUT2D eigenvalue weighted by Gasteiger charge is -2.47. The quantitative estimate of drug-likeness (QED) is 0.113. The van der Waals surface area contributed by atoms with E-state index in [-0.39, 0.29) is 36.6 Å². The van der Waals surface area contributed by atoms with Gasteiger partial charge in [-0.25, -0.2) is 0 Å². The number of hydrogen-bond acceptors (Lipinski definition) is 17. The van der Waals surface area contributed by atoms with Gasteiger partial charge in [-0.2, -0.15) is 0 Å². The van der Waals surface area contributed by atoms with Crippen molar-refractivity contribution in [2.75, 3.05) is 21.2 Å². The van der Waals surface area contributed by atoms with Crippen molar-refractivity contribution in [1.82, 2.24) is 20.1 Å². The lowest BCUT2D eigenvalue weighted by Crippen LogP contribution is -2.59. The molecule has 3 N–H and O–H groups in total. The lowest BCUT2D eigenvalue weighted by atomic mass is 9.67. The molecular formula is C42H62N6O11S. The Bertz CT molecular complexity index is 1880. The van der Waals surface area contributed by atoms with Crippen molar-refractivity contribution in [3.8, 4) is 10.7 Å². The van der Waals surface area contributed by atoms with Crippen LogP contribution in [0.15, 0.2) is 29.6 Å². The third-order valence-corrected chi connectivity index (χ3v) is 13.8. The second-order valence-corrected chi connectivity index (χ2v) is 18.2. The van der Waals surface area contributed by atoms with Crippen LogP contribution in [-0.2, 0) is 47.7 Å². The first-order valence-corrected chi connectivity index (χ1v) is 21.5. The summed E-state index contributed by atoms with van der Waals surface area (Å²) in [6.45, 7) is 15.2. The van der Waals surface area contributed by atoms with E-state index in [1.54, 1.807) is 60.7 Å². The van der Waals surface area contributed by atoms with Crippen LogP contribution in [-0.4, -0.2) is 124 Å². The summed E-state index contributed by atoms with van der Waals surface area (Å²) < 4.78 is 31.1. The summed E-state index contributed by atoms with van der Waals surface area (Å²) in [5, 5.41) is 25.1. The highest BCUT2D eigenvalue weighted by Crippen LogP contribution is 2.48. The highest BCUT2D eigenvalue weighted by molar-refractivity contribution is 7.14. The number of ether oxygens (including phenoxy) is 5. The van der Waals surface area contributed by atoms with Crippen molar-refractivity contribution in [2.24, 2.45) is 46.4 Å². The maximum atomic E-state index is 14.8. The molecule has 3 fully saturated rings. The molecule has 60 heavy (non-hydrogen) atoms. The summed E-state index contributed by atoms with van der Waals surface area (Å²) in [6.07, 6.45) is -3.03. The number of likely N-dealkylation sites (N-methyl/N-ethyl adjacent to an activating group) is 1. The van der Waals surface area contributed by atoms with Gasteiger partial charge in [0.05, 0.1) is 17.8 Å². The maximum Gasteiger partial charge on any atom is 0.317 e. The van der Waals surface area contributed by atoms with Crippen molar-refractivity contribution in [1.29, 1.82) is 0 Å². The van der Waals surface area contributed by atoms with Gasteiger partial charge in [0.2, 0.25) is 0 Å². The zero-order valence-corrected chi connectivity index (χ0v) is 37.5. The smallest absolute Gasteiger partial charge is 0.317 e. The molecule has 0 saturated carbocycles. The summed E-state index contributed by atoms with van der Waals surface area (Å²) in [5.74, 6) is -8.88. The van der Waals surface area contributed by atoms with Gasteiger partial charge >= 0.3 is 11.9 Å². The first-order valence-electron chi connectivity index (χ1n) is 20.6. The van der Waals surface area contributed by atoms with Gasteiger partial charge in [-0.15, -0.1) is 10.2 Å². The second kappa shape index (κ2) is 19.0. The van der Waals surface area contributed by atoms with E-state index in [4.69, 9.17) is 34.3 Å². The fourth-order valence-corrected chi connectivity index (χ4v) is 9.97. The van der Waals surface area contributed by atoms with Crippen LogP contribution in [0.5, 0.6) is 0 Å². The Morgan fingerprint density at radius 3 is 2.38 bits per heavy atom. The van der Waals surface area contributed by atoms with Gasteiger partial charge in [0.15, 0.2) is 39.6 Å². The van der Waals surface area contributed by atoms with Gasteiger partial charge < -0.3 is 44.3 Å². The first kappa shape index (κ1) is 47.1. The maximum absolute atomic E-state index is 14.8. The molecule has 5 rings (SSSR count). The van der Waals surface area contributed by atoms with Gasteiger partial charge in [-0.3, -0.25) is 24.2 Å². The van der Waals surface area contributed by atoms with E-state index < -0.39 is 95.1 Å². The molecule has 0 spiro atoms. The predicted molar refractivity (Wildman–Crippen MR) is 220 cm³/mol. The Kier molecular flexibility index (Phi) is 14.9. The monoisotopic (exact) mass is 858 g/mol. The normalized spacial score (nSPS) is 37.9. The second-order valence-electron chi connectivity index (χ2n) is 17.2. The Balaban J connectivity index is 1.51. The third kappa shape index (κ3) is 9.43. The van der Waals surface area contributed by atoms with Crippen LogP contribution in [0.3, 0.4) is 0 Å². The van der Waals surface area contributed by atoms with E-state index in [0.29, 0.717) is 22.1 Å². The fraction of sp³-hybridized carbons (Fsp3) is 0.714. The predicted octanol–water partition coefficient (Wildman–Crippen LogP) is 4.12. The number of ketones is 2. The fourth-order valence-electron chi connectivity index (χ4n) is 9.18. The Morgan fingerprint density at radius 2 is 1.77 bits per heavy atom. The summed E-state index contributed by atoms with van der Waals surface area (Å²) in [4.78, 5) is 69.1. The molecule has 17 nitrogen and oxygen atoms in total. The van der Waals surface area contributed by atoms with Crippen molar-refractivity contribution >= 4 is 40.7 Å². The van der Waals surface area contributed by atoms with Crippen LogP contribution >= 0.6 is 11.3 Å². The third-order valence-electron chi connectivity index (χ3n) is 12.7. The largest absolute Gasteiger partial charge is 0.458 e. The standard InChI is InChI=1S/C42H62N6O11S/c1-13-28-42(9)30(29(39(53)58-42)35(43)47-59-25(7)36-45-46-37(60-36)26-16-14-15-17-44-26)22(4)31(49)20(2)19-41(8,54-12)34(23(5)32(50)24(6)38(52)56-28)57-40-33(51)27(48(10)11)18-21(3)55-40/h14-17,20-25,27-30,33-34,40,51H,13,18-19H2,1-12H3,(H2,43,47)/t20-,21-,22-,23+,24-,25+,27+,28?,29-,30+,33-,34-,40+,41-,42-/m1/s1. The number of rotatable bonds is 10. The van der Waals surface area contributed by atoms with Crippen LogP contribution in [0.4, 0.5) is 0 Å². The van der Waals surface area contributed by atoms with Crippen molar-refractivity contribution in [3.63, 3.8) is 0 Å². The summed E-state index contributed by atoms with van der Waals surface area (Å²) >= 11 is 1.26. The number of amidine groups is 1. The molecular weight excluding hydrogens is 797 g/mol. The van der Waals surface area contributed by atoms with Crippen LogP contribution < -0.4 is 5.73 Å². The van der Waals surface area contributed by atoms with E-state index >= 15 is 0 Å². The number of methoxy groups -OCH3 is 1. The number of carbonyl (C=O) groups excluding carboxylic acids is 4. The Morgan fingerprint density at radius 1 is 1.07 bits per heavy atom. The highest BCUT2D eigenvalue weighted by Gasteiger charge is 2.62. The minimum absolute atomic E-state index is 0.0515. The summed E-state index contributed by atoms with van der Waals surface area (Å²) in [6, 6.07) is 5.14. The zero-order chi connectivity index (χ0) is 44.4. The lowest BCUT2D eigenvalue weighted by molar-refractivity contribution is -0.295. The number of aromatic nitrogens is 3. The number of fused-ring (bicyclic) bond motifs is 1. The SMILES string of the molecule is CCC1OC(=O)[C@H](C)C(=O)[C@H](C)[C@@H](O[C@@H]2O[C@H](C)C[C@H](N(C)C)[C@H]2O)[C@](C)(OC)C[C@@H](C)C(=O)[C@H](C)[C@H]2[C@H](/C(N)=N/O[C@@H](C)c3nnc(-c4ccccn4)s3)C(=O)O[C@]12C. The number of nitrogens with zero attached hydrogens (tertiary/aromatic N) is 5. The minimum atomic E-state index is -1.58. The minimum Gasteiger partial charge on any atom is -0.458 e. The highest BCUT2D eigenvalue weighted by atomic mass is 32.1. The molecule has 1 unspecified atom stereocenters. The molecule has 3 aliphatic heterocycles. The van der Waals surface area contributed by atoms with E-state index in [1.807, 2.05) is 38.1 Å². The number of cyclic esters (lactones) is 1. The summed E-state index contributed by atoms with van der Waals surface area (Å²) in [7, 11) is 5.17. The number of Topliss-reactive ketones (excluding diaryl/α,β-unsaturated/α-hetero) is 2. The zero-order valence-electron chi connectivity index (χ0n) is 36.7. The van der Waals surface area contributed by atoms with Crippen LogP contribution in [0, 0.1) is 35.5 Å². The molecule has 0 aromatic carbocycles. The van der Waals surface area contributed by atoms with Crippen molar-refractivity contribution < 1.29 is 52.8 Å². The average Bonchev–Trinajstić information content (AvgIpc) is 3.83. The van der Waals surface area contributed by atoms with Crippen molar-refractivity contribution in [2.45, 2.75) is 136 Å². The van der Waals surface area contributed by atoms with Crippen LogP contribution in [0.2, 0.25) is 0 Å². The molecule has 0 amide bonds.